The lowest BCUT2D eigenvalue weighted by Crippen LogP contribution is -2.24. The summed E-state index contributed by atoms with van der Waals surface area (Å²) in [5, 5.41) is 24.2. The van der Waals surface area contributed by atoms with Crippen LogP contribution in [0.5, 0.6) is 0 Å². The van der Waals surface area contributed by atoms with E-state index in [0.717, 1.165) is 48.5 Å². The first kappa shape index (κ1) is 21.0. The van der Waals surface area contributed by atoms with Gasteiger partial charge in [0.1, 0.15) is 9.39 Å². The number of aromatic nitrogens is 3. The van der Waals surface area contributed by atoms with Crippen LogP contribution in [0.3, 0.4) is 0 Å². The Morgan fingerprint density at radius 2 is 2.00 bits per heavy atom. The number of carbonyl (C=O) groups excluding carboxylic acids is 1. The van der Waals surface area contributed by atoms with Gasteiger partial charge in [0.05, 0.1) is 11.9 Å². The van der Waals surface area contributed by atoms with E-state index in [1.54, 1.807) is 6.21 Å². The minimum atomic E-state index is -0.615. The minimum Gasteiger partial charge on any atom is -0.396 e. The third kappa shape index (κ3) is 4.78. The predicted octanol–water partition coefficient (Wildman–Crippen LogP) is 2.60. The molecule has 1 aliphatic heterocycles. The summed E-state index contributed by atoms with van der Waals surface area (Å²) in [5.41, 5.74) is 4.83. The first-order valence-corrected chi connectivity index (χ1v) is 12.7. The van der Waals surface area contributed by atoms with Crippen molar-refractivity contribution in [3.05, 3.63) is 69.1 Å². The number of fused-ring (bicyclic) bond motifs is 1. The summed E-state index contributed by atoms with van der Waals surface area (Å²) in [6.45, 7) is 0.662. The quantitative estimate of drug-likeness (QED) is 0.380. The summed E-state index contributed by atoms with van der Waals surface area (Å²) in [5.74, 6) is 0.349. The second-order valence-electron chi connectivity index (χ2n) is 7.78. The maximum atomic E-state index is 12.0. The molecule has 0 unspecified atom stereocenters. The average Bonchev–Trinajstić information content (AvgIpc) is 3.59. The third-order valence-electron chi connectivity index (χ3n) is 5.29. The van der Waals surface area contributed by atoms with Crippen LogP contribution in [-0.4, -0.2) is 42.6 Å². The molecule has 1 aromatic heterocycles. The second kappa shape index (κ2) is 9.29. The molecule has 1 saturated carbocycles. The molecule has 0 atom stereocenters. The van der Waals surface area contributed by atoms with Crippen LogP contribution >= 0.6 is 20.7 Å². The molecule has 3 aromatic rings. The number of aliphatic imine (C=N–C) groups is 1. The Morgan fingerprint density at radius 1 is 1.16 bits per heavy atom. The van der Waals surface area contributed by atoms with Gasteiger partial charge in [-0.15, -0.1) is 5.10 Å². The maximum Gasteiger partial charge on any atom is 0.223 e. The number of amides is 1. The fourth-order valence-electron chi connectivity index (χ4n) is 3.38. The molecule has 1 fully saturated rings. The zero-order valence-electron chi connectivity index (χ0n) is 17.3. The van der Waals surface area contributed by atoms with Gasteiger partial charge in [0.2, 0.25) is 5.91 Å². The second-order valence-corrected chi connectivity index (χ2v) is 10.4. The Balaban J connectivity index is 1.33. The molecule has 0 spiro atoms. The standard InChI is InChI=1S/C23H23IN6O2/c31-11-10-15-4-8-18(9-5-15)27-23-24-21-20(14-26-23)28-29-30(21)19-3-1-2-16(12-19)13-25-22(32)17-6-7-17/h1-5,8-9,12,14,17,31H,6-7,10-11,13H2,(H,25,32)(H,26,27). The topological polar surface area (TPSA) is 104 Å². The van der Waals surface area contributed by atoms with Crippen molar-refractivity contribution in [1.82, 2.24) is 20.3 Å². The number of carbonyl (C=O) groups is 1. The smallest absolute Gasteiger partial charge is 0.223 e. The van der Waals surface area contributed by atoms with Gasteiger partial charge < -0.3 is 15.7 Å². The fraction of sp³-hybridized carbons (Fsp3) is 0.261. The number of halogens is 1. The lowest BCUT2D eigenvalue weighted by molar-refractivity contribution is -0.122. The lowest BCUT2D eigenvalue weighted by Gasteiger charge is -2.11. The first-order chi connectivity index (χ1) is 15.7. The van der Waals surface area contributed by atoms with E-state index in [0.29, 0.717) is 13.0 Å². The number of nitrogens with one attached hydrogen (secondary N) is 2. The fourth-order valence-corrected chi connectivity index (χ4v) is 5.71. The van der Waals surface area contributed by atoms with E-state index in [1.807, 2.05) is 53.2 Å². The van der Waals surface area contributed by atoms with Crippen molar-refractivity contribution >= 4 is 42.3 Å². The van der Waals surface area contributed by atoms with Crippen molar-refractivity contribution in [3.8, 4) is 5.69 Å². The monoisotopic (exact) mass is 542 g/mol. The zero-order valence-corrected chi connectivity index (χ0v) is 19.5. The summed E-state index contributed by atoms with van der Waals surface area (Å²) in [6, 6.07) is 16.1. The summed E-state index contributed by atoms with van der Waals surface area (Å²) >= 11 is -0.615. The number of aliphatic hydroxyl groups excluding tert-OH is 1. The summed E-state index contributed by atoms with van der Waals surface area (Å²) in [7, 11) is 0. The van der Waals surface area contributed by atoms with Crippen molar-refractivity contribution in [3.63, 3.8) is 0 Å². The first-order valence-electron chi connectivity index (χ1n) is 10.5. The van der Waals surface area contributed by atoms with Gasteiger partial charge in [0.15, 0.2) is 3.76 Å². The highest BCUT2D eigenvalue weighted by Crippen LogP contribution is 2.29. The van der Waals surface area contributed by atoms with E-state index in [1.165, 1.54) is 0 Å². The van der Waals surface area contributed by atoms with E-state index < -0.39 is 20.7 Å². The molecule has 5 rings (SSSR count). The molecule has 1 aliphatic carbocycles. The Labute approximate surface area is 195 Å². The zero-order chi connectivity index (χ0) is 21.9. The minimum absolute atomic E-state index is 0.144. The van der Waals surface area contributed by atoms with Gasteiger partial charge in [0, 0.05) is 24.8 Å². The highest BCUT2D eigenvalue weighted by atomic mass is 127. The van der Waals surface area contributed by atoms with E-state index in [2.05, 4.69) is 25.9 Å². The molecular weight excluding hydrogens is 519 g/mol. The van der Waals surface area contributed by atoms with Crippen molar-refractivity contribution in [2.45, 2.75) is 25.8 Å². The SMILES string of the molecule is O=C(NCc1cccc(-n2nnc3c2I=C(Nc2ccc(CCO)cc2)N=C3)c1)C1CC1. The van der Waals surface area contributed by atoms with Gasteiger partial charge in [0.25, 0.3) is 0 Å². The van der Waals surface area contributed by atoms with Crippen LogP contribution in [0.15, 0.2) is 53.5 Å². The van der Waals surface area contributed by atoms with Crippen LogP contribution in [0.1, 0.15) is 29.7 Å². The number of nitrogens with zero attached hydrogens (tertiary/aromatic N) is 4. The van der Waals surface area contributed by atoms with E-state index >= 15 is 0 Å². The lowest BCUT2D eigenvalue weighted by atomic mass is 10.1. The number of hydrogen-bond acceptors (Lipinski definition) is 6. The molecule has 0 bridgehead atoms. The number of anilines is 1. The highest BCUT2D eigenvalue weighted by Gasteiger charge is 2.29. The van der Waals surface area contributed by atoms with Crippen LogP contribution in [-0.2, 0) is 17.8 Å². The van der Waals surface area contributed by atoms with Crippen molar-refractivity contribution in [1.29, 1.82) is 0 Å². The van der Waals surface area contributed by atoms with Crippen molar-refractivity contribution < 1.29 is 9.90 Å². The summed E-state index contributed by atoms with van der Waals surface area (Å²) in [4.78, 5) is 16.5. The van der Waals surface area contributed by atoms with Gasteiger partial charge in [-0.25, -0.2) is 9.67 Å². The molecule has 1 amide bonds. The maximum absolute atomic E-state index is 12.0. The molecule has 164 valence electrons. The molecule has 8 nitrogen and oxygen atoms in total. The molecule has 2 heterocycles. The van der Waals surface area contributed by atoms with Gasteiger partial charge in [-0.3, -0.25) is 4.79 Å². The summed E-state index contributed by atoms with van der Waals surface area (Å²) in [6.07, 6.45) is 4.41. The normalized spacial score (nSPS) is 14.8. The Morgan fingerprint density at radius 3 is 2.78 bits per heavy atom. The number of rotatable bonds is 8. The number of aliphatic hydroxyl groups is 1. The van der Waals surface area contributed by atoms with Gasteiger partial charge in [-0.05, 0) is 75.4 Å². The van der Waals surface area contributed by atoms with E-state index in [9.17, 15) is 4.79 Å². The highest BCUT2D eigenvalue weighted by molar-refractivity contribution is 14.2. The van der Waals surface area contributed by atoms with Gasteiger partial charge in [-0.1, -0.05) is 29.5 Å². The third-order valence-corrected chi connectivity index (χ3v) is 7.87. The number of hydrogen-bond donors (Lipinski definition) is 3. The molecule has 0 radical (unpaired) electrons. The predicted molar refractivity (Wildman–Crippen MR) is 132 cm³/mol. The largest absolute Gasteiger partial charge is 0.396 e. The molecule has 0 saturated heterocycles. The summed E-state index contributed by atoms with van der Waals surface area (Å²) < 4.78 is 3.87. The Hall–Kier alpha value is -2.92. The number of benzene rings is 2. The van der Waals surface area contributed by atoms with Gasteiger partial charge in [-0.2, -0.15) is 0 Å². The van der Waals surface area contributed by atoms with Crippen LogP contribution < -0.4 is 10.6 Å². The Kier molecular flexibility index (Phi) is 6.08. The average molecular weight is 542 g/mol. The Bertz CT molecular complexity index is 1200. The van der Waals surface area contributed by atoms with Crippen LogP contribution in [0.25, 0.3) is 5.69 Å². The van der Waals surface area contributed by atoms with Crippen molar-refractivity contribution in [2.75, 3.05) is 11.9 Å². The molecule has 2 aliphatic rings. The van der Waals surface area contributed by atoms with Crippen LogP contribution in [0.2, 0.25) is 0 Å². The molecule has 32 heavy (non-hydrogen) atoms. The molecule has 9 heteroatoms. The van der Waals surface area contributed by atoms with E-state index in [4.69, 9.17) is 5.11 Å². The van der Waals surface area contributed by atoms with E-state index in [-0.39, 0.29) is 18.4 Å². The van der Waals surface area contributed by atoms with Gasteiger partial charge >= 0.3 is 0 Å². The van der Waals surface area contributed by atoms with Crippen LogP contribution in [0, 0.1) is 9.62 Å². The molecule has 3 N–H and O–H groups in total. The molecular formula is C23H23IN6O2. The molecule has 2 aromatic carbocycles. The van der Waals surface area contributed by atoms with Crippen molar-refractivity contribution in [2.24, 2.45) is 10.9 Å². The van der Waals surface area contributed by atoms with Crippen LogP contribution in [0.4, 0.5) is 5.69 Å².